The van der Waals surface area contributed by atoms with Crippen LogP contribution in [0.2, 0.25) is 0 Å². The Bertz CT molecular complexity index is 407. The van der Waals surface area contributed by atoms with Gasteiger partial charge in [0, 0.05) is 39.1 Å². The summed E-state index contributed by atoms with van der Waals surface area (Å²) < 4.78 is 38.3. The summed E-state index contributed by atoms with van der Waals surface area (Å²) >= 11 is 0. The number of nitrogens with zero attached hydrogens (tertiary/aromatic N) is 2. The number of rotatable bonds is 4. The molecule has 4 nitrogen and oxygen atoms in total. The summed E-state index contributed by atoms with van der Waals surface area (Å²) in [6.07, 6.45) is 1.18. The minimum atomic E-state index is -4.64. The van der Waals surface area contributed by atoms with Crippen molar-refractivity contribution in [2.24, 2.45) is 5.92 Å². The molecule has 1 unspecified atom stereocenters. The third kappa shape index (κ3) is 5.08. The molecule has 23 heavy (non-hydrogen) atoms. The van der Waals surface area contributed by atoms with E-state index in [9.17, 15) is 23.1 Å². The summed E-state index contributed by atoms with van der Waals surface area (Å²) in [5.74, 6) is 0.606. The molecule has 1 heterocycles. The maximum absolute atomic E-state index is 12.8. The summed E-state index contributed by atoms with van der Waals surface area (Å²) in [7, 11) is 0. The molecular weight excluding hydrogens is 309 g/mol. The van der Waals surface area contributed by atoms with Gasteiger partial charge < -0.3 is 10.0 Å². The van der Waals surface area contributed by atoms with Gasteiger partial charge in [-0.15, -0.1) is 0 Å². The van der Waals surface area contributed by atoms with Gasteiger partial charge in [-0.2, -0.15) is 13.2 Å². The van der Waals surface area contributed by atoms with Crippen LogP contribution in [0.5, 0.6) is 0 Å². The summed E-state index contributed by atoms with van der Waals surface area (Å²) in [6.45, 7) is 2.25. The topological polar surface area (TPSA) is 43.8 Å². The molecular formula is C16H27F3N2O2. The third-order valence-electron chi connectivity index (χ3n) is 5.02. The van der Waals surface area contributed by atoms with Crippen molar-refractivity contribution in [3.8, 4) is 0 Å². The molecule has 0 spiro atoms. The Morgan fingerprint density at radius 2 is 1.74 bits per heavy atom. The van der Waals surface area contributed by atoms with Crippen LogP contribution in [-0.2, 0) is 4.79 Å². The predicted octanol–water partition coefficient (Wildman–Crippen LogP) is 2.41. The second-order valence-electron chi connectivity index (χ2n) is 7.14. The largest absolute Gasteiger partial charge is 0.418 e. The monoisotopic (exact) mass is 336 g/mol. The van der Waals surface area contributed by atoms with Gasteiger partial charge in [0.2, 0.25) is 5.91 Å². The quantitative estimate of drug-likeness (QED) is 0.857. The first-order chi connectivity index (χ1) is 10.7. The van der Waals surface area contributed by atoms with Crippen LogP contribution >= 0.6 is 0 Å². The van der Waals surface area contributed by atoms with Crippen LogP contribution in [0.4, 0.5) is 13.2 Å². The fraction of sp³-hybridized carbons (Fsp3) is 0.938. The van der Waals surface area contributed by atoms with Crippen LogP contribution in [0.15, 0.2) is 0 Å². The zero-order chi connectivity index (χ0) is 17.1. The van der Waals surface area contributed by atoms with Crippen molar-refractivity contribution >= 4 is 5.91 Å². The standard InChI is InChI=1S/C16H27F3N2O2/c1-15(23,16(17,18)19)12-20-7-4-8-21(10-9-20)14(22)11-13-5-2-3-6-13/h13,23H,2-12H2,1H3. The van der Waals surface area contributed by atoms with E-state index in [0.29, 0.717) is 44.9 Å². The number of hydrogen-bond acceptors (Lipinski definition) is 3. The highest BCUT2D eigenvalue weighted by Crippen LogP contribution is 2.31. The molecule has 134 valence electrons. The van der Waals surface area contributed by atoms with Crippen LogP contribution in [0.3, 0.4) is 0 Å². The Kier molecular flexibility index (Phi) is 5.94. The van der Waals surface area contributed by atoms with Gasteiger partial charge in [0.05, 0.1) is 0 Å². The predicted molar refractivity (Wildman–Crippen MR) is 80.9 cm³/mol. The maximum Gasteiger partial charge on any atom is 0.418 e. The lowest BCUT2D eigenvalue weighted by molar-refractivity contribution is -0.257. The van der Waals surface area contributed by atoms with E-state index in [2.05, 4.69) is 0 Å². The zero-order valence-corrected chi connectivity index (χ0v) is 13.7. The number of halogens is 3. The van der Waals surface area contributed by atoms with Crippen LogP contribution in [-0.4, -0.2) is 65.3 Å². The van der Waals surface area contributed by atoms with E-state index >= 15 is 0 Å². The first-order valence-electron chi connectivity index (χ1n) is 8.48. The van der Waals surface area contributed by atoms with Crippen molar-refractivity contribution in [1.82, 2.24) is 9.80 Å². The fourth-order valence-corrected chi connectivity index (χ4v) is 3.49. The van der Waals surface area contributed by atoms with Gasteiger partial charge in [0.1, 0.15) is 0 Å². The Hall–Kier alpha value is -0.820. The van der Waals surface area contributed by atoms with Crippen molar-refractivity contribution in [1.29, 1.82) is 0 Å². The summed E-state index contributed by atoms with van der Waals surface area (Å²) in [5, 5.41) is 9.61. The number of β-amino-alcohol motifs (C(OH)–C–C–N with tert-alkyl or cyclic N) is 1. The molecule has 1 saturated carbocycles. The molecule has 2 aliphatic rings. The second kappa shape index (κ2) is 7.38. The number of carbonyl (C=O) groups excluding carboxylic acids is 1. The molecule has 0 radical (unpaired) electrons. The highest BCUT2D eigenvalue weighted by Gasteiger charge is 2.50. The molecule has 0 aromatic carbocycles. The van der Waals surface area contributed by atoms with Gasteiger partial charge in [-0.25, -0.2) is 0 Å². The molecule has 0 bridgehead atoms. The van der Waals surface area contributed by atoms with E-state index in [0.717, 1.165) is 19.8 Å². The number of alkyl halides is 3. The first kappa shape index (κ1) is 18.5. The molecule has 0 aromatic heterocycles. The van der Waals surface area contributed by atoms with E-state index < -0.39 is 18.3 Å². The average Bonchev–Trinajstić information content (AvgIpc) is 2.82. The number of aliphatic hydroxyl groups is 1. The SMILES string of the molecule is CC(O)(CN1CCCN(C(=O)CC2CCCC2)CC1)C(F)(F)F. The fourth-order valence-electron chi connectivity index (χ4n) is 3.49. The maximum atomic E-state index is 12.8. The minimum absolute atomic E-state index is 0.126. The molecule has 1 aliphatic heterocycles. The zero-order valence-electron chi connectivity index (χ0n) is 13.7. The molecule has 1 atom stereocenters. The molecule has 1 saturated heterocycles. The van der Waals surface area contributed by atoms with Gasteiger partial charge >= 0.3 is 6.18 Å². The van der Waals surface area contributed by atoms with Crippen molar-refractivity contribution < 1.29 is 23.1 Å². The van der Waals surface area contributed by atoms with Crippen molar-refractivity contribution in [3.05, 3.63) is 0 Å². The molecule has 7 heteroatoms. The average molecular weight is 336 g/mol. The van der Waals surface area contributed by atoms with E-state index in [4.69, 9.17) is 0 Å². The van der Waals surface area contributed by atoms with Gasteiger partial charge in [-0.05, 0) is 32.1 Å². The van der Waals surface area contributed by atoms with Crippen LogP contribution in [0.1, 0.15) is 45.4 Å². The van der Waals surface area contributed by atoms with Crippen LogP contribution in [0, 0.1) is 5.92 Å². The molecule has 1 aliphatic carbocycles. The van der Waals surface area contributed by atoms with Gasteiger partial charge in [-0.3, -0.25) is 9.69 Å². The minimum Gasteiger partial charge on any atom is -0.380 e. The van der Waals surface area contributed by atoms with Crippen molar-refractivity contribution in [3.63, 3.8) is 0 Å². The van der Waals surface area contributed by atoms with E-state index in [1.165, 1.54) is 12.8 Å². The smallest absolute Gasteiger partial charge is 0.380 e. The van der Waals surface area contributed by atoms with Gasteiger partial charge in [-0.1, -0.05) is 12.8 Å². The summed E-state index contributed by atoms with van der Waals surface area (Å²) in [6, 6.07) is 0. The molecule has 2 fully saturated rings. The summed E-state index contributed by atoms with van der Waals surface area (Å²) in [5.41, 5.74) is -2.71. The normalized spacial score (nSPS) is 24.5. The highest BCUT2D eigenvalue weighted by molar-refractivity contribution is 5.76. The van der Waals surface area contributed by atoms with Gasteiger partial charge in [0.25, 0.3) is 0 Å². The molecule has 0 aromatic rings. The van der Waals surface area contributed by atoms with E-state index in [1.54, 1.807) is 9.80 Å². The third-order valence-corrected chi connectivity index (χ3v) is 5.02. The molecule has 2 rings (SSSR count). The number of carbonyl (C=O) groups is 1. The first-order valence-corrected chi connectivity index (χ1v) is 8.48. The van der Waals surface area contributed by atoms with Crippen molar-refractivity contribution in [2.45, 2.75) is 57.2 Å². The van der Waals surface area contributed by atoms with Crippen molar-refractivity contribution in [2.75, 3.05) is 32.7 Å². The van der Waals surface area contributed by atoms with E-state index in [-0.39, 0.29) is 5.91 Å². The van der Waals surface area contributed by atoms with Crippen LogP contribution in [0.25, 0.3) is 0 Å². The Morgan fingerprint density at radius 3 is 2.35 bits per heavy atom. The second-order valence-corrected chi connectivity index (χ2v) is 7.14. The Labute approximate surface area is 135 Å². The van der Waals surface area contributed by atoms with Crippen LogP contribution < -0.4 is 0 Å². The van der Waals surface area contributed by atoms with E-state index in [1.807, 2.05) is 0 Å². The Morgan fingerprint density at radius 1 is 1.09 bits per heavy atom. The lowest BCUT2D eigenvalue weighted by Gasteiger charge is -2.32. The summed E-state index contributed by atoms with van der Waals surface area (Å²) in [4.78, 5) is 15.7. The number of hydrogen-bond donors (Lipinski definition) is 1. The molecule has 1 amide bonds. The highest BCUT2D eigenvalue weighted by atomic mass is 19.4. The number of amides is 1. The lowest BCUT2D eigenvalue weighted by Crippen LogP contribution is -2.52. The lowest BCUT2D eigenvalue weighted by atomic mass is 10.0. The molecule has 1 N–H and O–H groups in total. The Balaban J connectivity index is 1.83. The van der Waals surface area contributed by atoms with Gasteiger partial charge in [0.15, 0.2) is 5.60 Å².